The summed E-state index contributed by atoms with van der Waals surface area (Å²) < 4.78 is 37.7. The van der Waals surface area contributed by atoms with Crippen LogP contribution in [-0.4, -0.2) is 17.4 Å². The van der Waals surface area contributed by atoms with Gasteiger partial charge in [-0.05, 0) is 24.6 Å². The van der Waals surface area contributed by atoms with Crippen molar-refractivity contribution in [1.82, 2.24) is 0 Å². The highest BCUT2D eigenvalue weighted by Gasteiger charge is 2.49. The molecule has 1 rings (SSSR count). The molecule has 0 aliphatic rings. The molecule has 2 atom stereocenters. The molecule has 1 aromatic carbocycles. The molecule has 0 amide bonds. The second-order valence-electron chi connectivity index (χ2n) is 3.94. The van der Waals surface area contributed by atoms with Crippen LogP contribution < -0.4 is 0 Å². The molecule has 0 saturated heterocycles. The maximum Gasteiger partial charge on any atom is 0.415 e. The van der Waals surface area contributed by atoms with Gasteiger partial charge in [0.1, 0.15) is 0 Å². The summed E-state index contributed by atoms with van der Waals surface area (Å²) in [6.07, 6.45) is -6.12. The normalized spacial score (nSPS) is 17.3. The van der Waals surface area contributed by atoms with Crippen LogP contribution in [0.2, 0.25) is 5.02 Å². The Balaban J connectivity index is 3.20. The minimum absolute atomic E-state index is 0.307. The molecular formula is C12H12ClF3O. The number of hydrogen-bond donors (Lipinski definition) is 1. The number of aliphatic hydroxyl groups excluding tert-OH is 1. The summed E-state index contributed by atoms with van der Waals surface area (Å²) in [6, 6.07) is 5.83. The van der Waals surface area contributed by atoms with Crippen LogP contribution >= 0.6 is 11.6 Å². The number of alkyl halides is 3. The lowest BCUT2D eigenvalue weighted by Crippen LogP contribution is -2.45. The summed E-state index contributed by atoms with van der Waals surface area (Å²) in [5.41, 5.74) is -1.29. The highest BCUT2D eigenvalue weighted by molar-refractivity contribution is 6.30. The Morgan fingerprint density at radius 1 is 1.29 bits per heavy atom. The molecule has 1 nitrogen and oxygen atoms in total. The Labute approximate surface area is 103 Å². The zero-order valence-corrected chi connectivity index (χ0v) is 9.89. The minimum atomic E-state index is -4.71. The van der Waals surface area contributed by atoms with Crippen LogP contribution in [0.5, 0.6) is 0 Å². The first-order valence-electron chi connectivity index (χ1n) is 4.86. The molecule has 0 bridgehead atoms. The van der Waals surface area contributed by atoms with Gasteiger partial charge in [0.25, 0.3) is 0 Å². The van der Waals surface area contributed by atoms with E-state index in [2.05, 4.69) is 6.58 Å². The van der Waals surface area contributed by atoms with Crippen molar-refractivity contribution in [2.75, 3.05) is 0 Å². The third-order valence-corrected chi connectivity index (χ3v) is 3.02. The lowest BCUT2D eigenvalue weighted by Gasteiger charge is -2.33. The fourth-order valence-electron chi connectivity index (χ4n) is 1.54. The van der Waals surface area contributed by atoms with Crippen molar-refractivity contribution in [2.24, 2.45) is 0 Å². The van der Waals surface area contributed by atoms with Crippen LogP contribution in [0.4, 0.5) is 13.2 Å². The van der Waals surface area contributed by atoms with E-state index in [-0.39, 0.29) is 0 Å². The number of rotatable bonds is 3. The monoisotopic (exact) mass is 264 g/mol. The van der Waals surface area contributed by atoms with Crippen molar-refractivity contribution in [1.29, 1.82) is 0 Å². The van der Waals surface area contributed by atoms with Crippen LogP contribution in [0.3, 0.4) is 0 Å². The summed E-state index contributed by atoms with van der Waals surface area (Å²) in [5.74, 6) is 0. The molecule has 0 aliphatic heterocycles. The molecule has 0 aromatic heterocycles. The zero-order chi connectivity index (χ0) is 13.3. The maximum absolute atomic E-state index is 12.6. The van der Waals surface area contributed by atoms with Gasteiger partial charge < -0.3 is 5.11 Å². The Kier molecular flexibility index (Phi) is 3.89. The Hall–Kier alpha value is -1.00. The van der Waals surface area contributed by atoms with Gasteiger partial charge in [-0.1, -0.05) is 29.8 Å². The molecule has 0 unspecified atom stereocenters. The van der Waals surface area contributed by atoms with Crippen LogP contribution in [-0.2, 0) is 5.41 Å². The Morgan fingerprint density at radius 3 is 2.12 bits per heavy atom. The second kappa shape index (κ2) is 4.70. The second-order valence-corrected chi connectivity index (χ2v) is 4.37. The number of halogens is 4. The van der Waals surface area contributed by atoms with E-state index in [9.17, 15) is 18.3 Å². The summed E-state index contributed by atoms with van der Waals surface area (Å²) in [4.78, 5) is 0. The molecule has 1 aromatic rings. The lowest BCUT2D eigenvalue weighted by molar-refractivity contribution is -0.218. The van der Waals surface area contributed by atoms with Crippen molar-refractivity contribution >= 4 is 11.6 Å². The van der Waals surface area contributed by atoms with Gasteiger partial charge in [0.2, 0.25) is 0 Å². The quantitative estimate of drug-likeness (QED) is 0.825. The lowest BCUT2D eigenvalue weighted by atomic mass is 9.77. The zero-order valence-electron chi connectivity index (χ0n) is 9.13. The van der Waals surface area contributed by atoms with E-state index in [1.54, 1.807) is 0 Å². The van der Waals surface area contributed by atoms with Gasteiger partial charge in [0, 0.05) is 10.4 Å². The SMILES string of the molecule is C=C[C@](C)(c1ccc(Cl)cc1)[C@H](O)C(F)(F)F. The van der Waals surface area contributed by atoms with Crippen molar-refractivity contribution < 1.29 is 18.3 Å². The van der Waals surface area contributed by atoms with Crippen molar-refractivity contribution in [2.45, 2.75) is 24.6 Å². The van der Waals surface area contributed by atoms with Crippen LogP contribution in [0.25, 0.3) is 0 Å². The van der Waals surface area contributed by atoms with Gasteiger partial charge in [-0.25, -0.2) is 0 Å². The largest absolute Gasteiger partial charge is 0.415 e. The van der Waals surface area contributed by atoms with E-state index in [1.165, 1.54) is 31.2 Å². The van der Waals surface area contributed by atoms with E-state index in [4.69, 9.17) is 11.6 Å². The van der Waals surface area contributed by atoms with Crippen LogP contribution in [0.15, 0.2) is 36.9 Å². The Morgan fingerprint density at radius 2 is 1.76 bits per heavy atom. The van der Waals surface area contributed by atoms with Gasteiger partial charge in [-0.3, -0.25) is 0 Å². The summed E-state index contributed by atoms with van der Waals surface area (Å²) in [6.45, 7) is 4.65. The molecule has 0 spiro atoms. The molecule has 0 saturated carbocycles. The first kappa shape index (κ1) is 14.1. The summed E-state index contributed by atoms with van der Waals surface area (Å²) in [5, 5.41) is 9.82. The highest BCUT2D eigenvalue weighted by Crippen LogP contribution is 2.38. The maximum atomic E-state index is 12.6. The van der Waals surface area contributed by atoms with E-state index < -0.39 is 17.7 Å². The molecule has 0 fully saturated rings. The Bertz CT molecular complexity index is 399. The van der Waals surface area contributed by atoms with Gasteiger partial charge in [-0.15, -0.1) is 6.58 Å². The first-order valence-corrected chi connectivity index (χ1v) is 5.24. The molecular weight excluding hydrogens is 253 g/mol. The van der Waals surface area contributed by atoms with Crippen molar-refractivity contribution in [3.63, 3.8) is 0 Å². The molecule has 17 heavy (non-hydrogen) atoms. The molecule has 1 N–H and O–H groups in total. The van der Waals surface area contributed by atoms with Crippen LogP contribution in [0, 0.1) is 0 Å². The highest BCUT2D eigenvalue weighted by atomic mass is 35.5. The summed E-state index contributed by atoms with van der Waals surface area (Å²) >= 11 is 5.66. The van der Waals surface area contributed by atoms with Gasteiger partial charge in [0.05, 0.1) is 0 Å². The van der Waals surface area contributed by atoms with Gasteiger partial charge in [0.15, 0.2) is 6.10 Å². The molecule has 0 heterocycles. The number of benzene rings is 1. The van der Waals surface area contributed by atoms with E-state index >= 15 is 0 Å². The first-order chi connectivity index (χ1) is 7.71. The molecule has 94 valence electrons. The predicted octanol–water partition coefficient (Wildman–Crippen LogP) is 3.71. The summed E-state index contributed by atoms with van der Waals surface area (Å²) in [7, 11) is 0. The fraction of sp³-hybridized carbons (Fsp3) is 0.333. The van der Waals surface area contributed by atoms with Crippen LogP contribution in [0.1, 0.15) is 12.5 Å². The molecule has 5 heteroatoms. The van der Waals surface area contributed by atoms with E-state index in [0.717, 1.165) is 6.08 Å². The third kappa shape index (κ3) is 2.82. The van der Waals surface area contributed by atoms with Gasteiger partial charge >= 0.3 is 6.18 Å². The predicted molar refractivity (Wildman–Crippen MR) is 61.1 cm³/mol. The van der Waals surface area contributed by atoms with E-state index in [1.807, 2.05) is 0 Å². The van der Waals surface area contributed by atoms with Crippen molar-refractivity contribution in [3.8, 4) is 0 Å². The smallest absolute Gasteiger partial charge is 0.382 e. The third-order valence-electron chi connectivity index (χ3n) is 2.77. The average Bonchev–Trinajstić information content (AvgIpc) is 2.26. The standard InChI is InChI=1S/C12H12ClF3O/c1-3-11(2,10(17)12(14,15)16)8-4-6-9(13)7-5-8/h3-7,10,17H,1H2,2H3/t10-,11+/m0/s1. The average molecular weight is 265 g/mol. The van der Waals surface area contributed by atoms with E-state index in [0.29, 0.717) is 10.6 Å². The molecule has 0 radical (unpaired) electrons. The fourth-order valence-corrected chi connectivity index (χ4v) is 1.66. The topological polar surface area (TPSA) is 20.2 Å². The van der Waals surface area contributed by atoms with Gasteiger partial charge in [-0.2, -0.15) is 13.2 Å². The van der Waals surface area contributed by atoms with Crippen molar-refractivity contribution in [3.05, 3.63) is 47.5 Å². The minimum Gasteiger partial charge on any atom is -0.382 e. The number of aliphatic hydroxyl groups is 1. The number of hydrogen-bond acceptors (Lipinski definition) is 1. The molecule has 0 aliphatic carbocycles.